The van der Waals surface area contributed by atoms with Crippen molar-refractivity contribution in [2.45, 2.75) is 58.4 Å². The number of carbonyl (C=O) groups excluding carboxylic acids is 2. The summed E-state index contributed by atoms with van der Waals surface area (Å²) < 4.78 is 0. The van der Waals surface area contributed by atoms with Gasteiger partial charge in [-0.15, -0.1) is 0 Å². The molecule has 0 unspecified atom stereocenters. The highest BCUT2D eigenvalue weighted by Crippen LogP contribution is 2.19. The average molecular weight is 331 g/mol. The van der Waals surface area contributed by atoms with E-state index < -0.39 is 0 Å². The molecule has 0 spiro atoms. The standard InChI is InChI=1S/C19H29N3O2/c1-3-22(4-2)17-12-10-16(11-13-17)21-19(24)14-18(23)20-15-8-6-5-7-9-15/h10-13,15H,3-9,14H2,1-2H3,(H,20,23)(H,21,24). The number of nitrogens with zero attached hydrogens (tertiary/aromatic N) is 1. The summed E-state index contributed by atoms with van der Waals surface area (Å²) in [7, 11) is 0. The van der Waals surface area contributed by atoms with Crippen LogP contribution in [0.15, 0.2) is 24.3 Å². The topological polar surface area (TPSA) is 61.4 Å². The highest BCUT2D eigenvalue weighted by Gasteiger charge is 2.17. The lowest BCUT2D eigenvalue weighted by Crippen LogP contribution is -2.37. The quantitative estimate of drug-likeness (QED) is 0.754. The summed E-state index contributed by atoms with van der Waals surface area (Å²) >= 11 is 0. The van der Waals surface area contributed by atoms with E-state index in [0.717, 1.165) is 50.1 Å². The first kappa shape index (κ1) is 18.3. The van der Waals surface area contributed by atoms with Gasteiger partial charge in [-0.05, 0) is 51.0 Å². The molecule has 0 radical (unpaired) electrons. The molecule has 2 N–H and O–H groups in total. The Bertz CT molecular complexity index is 532. The van der Waals surface area contributed by atoms with Crippen LogP contribution in [-0.2, 0) is 9.59 Å². The third kappa shape index (κ3) is 5.55. The van der Waals surface area contributed by atoms with Crippen LogP contribution in [0.4, 0.5) is 11.4 Å². The number of anilines is 2. The van der Waals surface area contributed by atoms with Crippen molar-refractivity contribution in [3.8, 4) is 0 Å². The van der Waals surface area contributed by atoms with Crippen molar-refractivity contribution in [3.05, 3.63) is 24.3 Å². The second kappa shape index (κ2) is 9.30. The number of amides is 2. The van der Waals surface area contributed by atoms with Gasteiger partial charge in [-0.3, -0.25) is 9.59 Å². The van der Waals surface area contributed by atoms with Crippen molar-refractivity contribution in [2.24, 2.45) is 0 Å². The fourth-order valence-corrected chi connectivity index (χ4v) is 3.22. The SMILES string of the molecule is CCN(CC)c1ccc(NC(=O)CC(=O)NC2CCCCC2)cc1. The second-order valence-corrected chi connectivity index (χ2v) is 6.35. The van der Waals surface area contributed by atoms with E-state index in [1.165, 1.54) is 6.42 Å². The Morgan fingerprint density at radius 1 is 1.00 bits per heavy atom. The predicted octanol–water partition coefficient (Wildman–Crippen LogP) is 3.31. The van der Waals surface area contributed by atoms with Gasteiger partial charge < -0.3 is 15.5 Å². The van der Waals surface area contributed by atoms with Crippen LogP contribution in [0.3, 0.4) is 0 Å². The van der Waals surface area contributed by atoms with Gasteiger partial charge in [-0.25, -0.2) is 0 Å². The molecule has 0 heterocycles. The van der Waals surface area contributed by atoms with Gasteiger partial charge in [-0.1, -0.05) is 19.3 Å². The monoisotopic (exact) mass is 331 g/mol. The lowest BCUT2D eigenvalue weighted by atomic mass is 9.95. The van der Waals surface area contributed by atoms with Gasteiger partial charge >= 0.3 is 0 Å². The lowest BCUT2D eigenvalue weighted by molar-refractivity contribution is -0.127. The summed E-state index contributed by atoms with van der Waals surface area (Å²) in [6, 6.07) is 7.98. The maximum absolute atomic E-state index is 12.0. The highest BCUT2D eigenvalue weighted by atomic mass is 16.2. The Morgan fingerprint density at radius 3 is 2.21 bits per heavy atom. The molecule has 1 aromatic carbocycles. The minimum Gasteiger partial charge on any atom is -0.372 e. The van der Waals surface area contributed by atoms with Gasteiger partial charge in [0.25, 0.3) is 0 Å². The summed E-state index contributed by atoms with van der Waals surface area (Å²) in [5, 5.41) is 5.76. The third-order valence-corrected chi connectivity index (χ3v) is 4.57. The molecular formula is C19H29N3O2. The molecule has 1 aromatic rings. The van der Waals surface area contributed by atoms with Crippen LogP contribution in [0, 0.1) is 0 Å². The first-order chi connectivity index (χ1) is 11.6. The number of hydrogen-bond acceptors (Lipinski definition) is 3. The molecule has 0 bridgehead atoms. The fourth-order valence-electron chi connectivity index (χ4n) is 3.22. The maximum atomic E-state index is 12.0. The van der Waals surface area contributed by atoms with Crippen LogP contribution >= 0.6 is 0 Å². The first-order valence-electron chi connectivity index (χ1n) is 9.06. The van der Waals surface area contributed by atoms with Crippen LogP contribution in [-0.4, -0.2) is 30.9 Å². The summed E-state index contributed by atoms with van der Waals surface area (Å²) in [6.07, 6.45) is 5.51. The number of nitrogens with one attached hydrogen (secondary N) is 2. The maximum Gasteiger partial charge on any atom is 0.233 e. The molecule has 5 nitrogen and oxygen atoms in total. The van der Waals surface area contributed by atoms with E-state index in [1.807, 2.05) is 24.3 Å². The van der Waals surface area contributed by atoms with Gasteiger partial charge in [0.15, 0.2) is 0 Å². The van der Waals surface area contributed by atoms with Gasteiger partial charge in [0.2, 0.25) is 11.8 Å². The van der Waals surface area contributed by atoms with E-state index in [9.17, 15) is 9.59 Å². The highest BCUT2D eigenvalue weighted by molar-refractivity contribution is 6.03. The van der Waals surface area contributed by atoms with E-state index in [2.05, 4.69) is 29.4 Å². The Balaban J connectivity index is 1.80. The molecule has 5 heteroatoms. The molecular weight excluding hydrogens is 302 g/mol. The molecule has 1 saturated carbocycles. The zero-order chi connectivity index (χ0) is 17.4. The summed E-state index contributed by atoms with van der Waals surface area (Å²) in [5.41, 5.74) is 1.86. The fraction of sp³-hybridized carbons (Fsp3) is 0.579. The normalized spacial score (nSPS) is 14.9. The Hall–Kier alpha value is -2.04. The number of hydrogen-bond donors (Lipinski definition) is 2. The minimum atomic E-state index is -0.265. The van der Waals surface area contributed by atoms with E-state index in [1.54, 1.807) is 0 Å². The summed E-state index contributed by atoms with van der Waals surface area (Å²) in [6.45, 7) is 6.13. The molecule has 2 amide bonds. The summed E-state index contributed by atoms with van der Waals surface area (Å²) in [5.74, 6) is -0.446. The second-order valence-electron chi connectivity index (χ2n) is 6.35. The zero-order valence-electron chi connectivity index (χ0n) is 14.8. The number of benzene rings is 1. The number of carbonyl (C=O) groups is 2. The molecule has 2 rings (SSSR count). The molecule has 0 aliphatic heterocycles. The van der Waals surface area contributed by atoms with Crippen LogP contribution in [0.25, 0.3) is 0 Å². The van der Waals surface area contributed by atoms with Crippen molar-refractivity contribution in [1.29, 1.82) is 0 Å². The molecule has 1 aliphatic rings. The molecule has 0 aromatic heterocycles. The molecule has 24 heavy (non-hydrogen) atoms. The Morgan fingerprint density at radius 2 is 1.62 bits per heavy atom. The van der Waals surface area contributed by atoms with Gasteiger partial charge in [-0.2, -0.15) is 0 Å². The van der Waals surface area contributed by atoms with E-state index in [4.69, 9.17) is 0 Å². The van der Waals surface area contributed by atoms with Crippen molar-refractivity contribution in [2.75, 3.05) is 23.3 Å². The van der Waals surface area contributed by atoms with Crippen molar-refractivity contribution in [1.82, 2.24) is 5.32 Å². The van der Waals surface area contributed by atoms with Crippen molar-refractivity contribution in [3.63, 3.8) is 0 Å². The Kier molecular flexibility index (Phi) is 7.09. The van der Waals surface area contributed by atoms with Gasteiger partial charge in [0.05, 0.1) is 0 Å². The lowest BCUT2D eigenvalue weighted by Gasteiger charge is -2.22. The van der Waals surface area contributed by atoms with Gasteiger partial charge in [0.1, 0.15) is 6.42 Å². The molecule has 0 atom stereocenters. The summed E-state index contributed by atoms with van der Waals surface area (Å²) in [4.78, 5) is 26.2. The third-order valence-electron chi connectivity index (χ3n) is 4.57. The molecule has 132 valence electrons. The van der Waals surface area contributed by atoms with Crippen LogP contribution in [0.2, 0.25) is 0 Å². The largest absolute Gasteiger partial charge is 0.372 e. The van der Waals surface area contributed by atoms with E-state index in [-0.39, 0.29) is 24.3 Å². The van der Waals surface area contributed by atoms with Gasteiger partial charge in [0, 0.05) is 30.5 Å². The van der Waals surface area contributed by atoms with E-state index >= 15 is 0 Å². The zero-order valence-corrected chi connectivity index (χ0v) is 14.8. The van der Waals surface area contributed by atoms with Crippen LogP contribution in [0.1, 0.15) is 52.4 Å². The van der Waals surface area contributed by atoms with Crippen LogP contribution in [0.5, 0.6) is 0 Å². The molecule has 1 fully saturated rings. The minimum absolute atomic E-state index is 0.117. The molecule has 1 aliphatic carbocycles. The van der Waals surface area contributed by atoms with Crippen molar-refractivity contribution < 1.29 is 9.59 Å². The van der Waals surface area contributed by atoms with Crippen LogP contribution < -0.4 is 15.5 Å². The first-order valence-corrected chi connectivity index (χ1v) is 9.06. The smallest absolute Gasteiger partial charge is 0.233 e. The predicted molar refractivity (Wildman–Crippen MR) is 98.3 cm³/mol. The number of rotatable bonds is 7. The van der Waals surface area contributed by atoms with Crippen molar-refractivity contribution >= 4 is 23.2 Å². The average Bonchev–Trinajstić information content (AvgIpc) is 2.58. The van der Waals surface area contributed by atoms with E-state index in [0.29, 0.717) is 0 Å². The Labute approximate surface area is 144 Å². The molecule has 0 saturated heterocycles.